The minimum atomic E-state index is -4.04. The van der Waals surface area contributed by atoms with E-state index in [4.69, 9.17) is 0 Å². The van der Waals surface area contributed by atoms with Crippen molar-refractivity contribution in [2.24, 2.45) is 0 Å². The molecule has 0 amide bonds. The lowest BCUT2D eigenvalue weighted by Gasteiger charge is -2.12. The predicted molar refractivity (Wildman–Crippen MR) is 92.6 cm³/mol. The molecule has 26 heavy (non-hydrogen) atoms. The molecule has 2 aromatic rings. The number of sulfonamides is 1. The first-order valence-corrected chi connectivity index (χ1v) is 9.09. The van der Waals surface area contributed by atoms with Crippen molar-refractivity contribution in [1.82, 2.24) is 9.78 Å². The quantitative estimate of drug-likeness (QED) is 0.755. The van der Waals surface area contributed by atoms with Crippen molar-refractivity contribution in [1.29, 1.82) is 0 Å². The van der Waals surface area contributed by atoms with E-state index in [0.29, 0.717) is 12.2 Å². The first-order valence-electron chi connectivity index (χ1n) is 7.61. The first-order chi connectivity index (χ1) is 12.2. The van der Waals surface area contributed by atoms with Crippen LogP contribution in [-0.2, 0) is 26.0 Å². The van der Waals surface area contributed by atoms with Gasteiger partial charge in [0.2, 0.25) is 0 Å². The molecule has 1 heterocycles. The first kappa shape index (κ1) is 19.4. The fraction of sp³-hybridized carbons (Fsp3) is 0.312. The molecule has 0 saturated heterocycles. The van der Waals surface area contributed by atoms with Gasteiger partial charge in [0.25, 0.3) is 10.0 Å². The van der Waals surface area contributed by atoms with Crippen LogP contribution in [0.2, 0.25) is 0 Å². The number of rotatable bonds is 6. The Bertz CT molecular complexity index is 949. The van der Waals surface area contributed by atoms with E-state index >= 15 is 0 Å². The third kappa shape index (κ3) is 3.69. The molecule has 2 rings (SSSR count). The van der Waals surface area contributed by atoms with Gasteiger partial charge >= 0.3 is 11.9 Å². The Kier molecular flexibility index (Phi) is 5.66. The molecule has 10 heteroatoms. The number of hydrogen-bond acceptors (Lipinski definition) is 7. The van der Waals surface area contributed by atoms with E-state index in [1.54, 1.807) is 6.92 Å². The van der Waals surface area contributed by atoms with E-state index in [9.17, 15) is 18.0 Å². The number of aryl methyl sites for hydroxylation is 1. The molecule has 1 aromatic carbocycles. The lowest BCUT2D eigenvalue weighted by molar-refractivity contribution is 0.0587. The number of ether oxygens (including phenoxy) is 2. The number of nitrogens with zero attached hydrogens (tertiary/aromatic N) is 2. The molecule has 0 aliphatic carbocycles. The number of nitrogens with one attached hydrogen (secondary N) is 1. The zero-order chi connectivity index (χ0) is 19.5. The zero-order valence-corrected chi connectivity index (χ0v) is 15.6. The summed E-state index contributed by atoms with van der Waals surface area (Å²) >= 11 is 0. The van der Waals surface area contributed by atoms with E-state index in [1.807, 2.05) is 6.92 Å². The Balaban J connectivity index is 2.53. The highest BCUT2D eigenvalue weighted by Gasteiger charge is 2.24. The van der Waals surface area contributed by atoms with Crippen molar-refractivity contribution in [3.63, 3.8) is 0 Å². The molecule has 0 aliphatic heterocycles. The molecule has 140 valence electrons. The molecule has 0 radical (unpaired) electrons. The van der Waals surface area contributed by atoms with Gasteiger partial charge in [0.1, 0.15) is 4.90 Å². The van der Waals surface area contributed by atoms with Crippen molar-refractivity contribution in [3.8, 4) is 0 Å². The highest BCUT2D eigenvalue weighted by atomic mass is 32.2. The Hall–Kier alpha value is -2.88. The van der Waals surface area contributed by atoms with Crippen molar-refractivity contribution < 1.29 is 27.5 Å². The van der Waals surface area contributed by atoms with Gasteiger partial charge in [0.15, 0.2) is 0 Å². The molecule has 0 bridgehead atoms. The molecular weight excluding hydrogens is 362 g/mol. The standard InChI is InChI=1S/C16H19N3O6S/c1-5-19-10(2)14(9-17-19)26(22,23)18-13-8-11(15(20)24-3)6-7-12(13)16(21)25-4/h6-9,18H,5H2,1-4H3. The van der Waals surface area contributed by atoms with Crippen molar-refractivity contribution >= 4 is 27.6 Å². The maximum atomic E-state index is 12.7. The molecule has 0 saturated carbocycles. The summed E-state index contributed by atoms with van der Waals surface area (Å²) in [6, 6.07) is 3.85. The fourth-order valence-electron chi connectivity index (χ4n) is 2.37. The van der Waals surface area contributed by atoms with Gasteiger partial charge in [-0.05, 0) is 32.0 Å². The minimum absolute atomic E-state index is 0.0290. The summed E-state index contributed by atoms with van der Waals surface area (Å²) < 4.78 is 38.6. The van der Waals surface area contributed by atoms with E-state index in [-0.39, 0.29) is 21.7 Å². The largest absolute Gasteiger partial charge is 0.465 e. The second kappa shape index (κ2) is 7.56. The van der Waals surface area contributed by atoms with Gasteiger partial charge in [0.05, 0.1) is 42.9 Å². The van der Waals surface area contributed by atoms with Crippen LogP contribution in [0.25, 0.3) is 0 Å². The van der Waals surface area contributed by atoms with Gasteiger partial charge in [-0.15, -0.1) is 0 Å². The SMILES string of the molecule is CCn1ncc(S(=O)(=O)Nc2cc(C(=O)OC)ccc2C(=O)OC)c1C. The molecule has 0 unspecified atom stereocenters. The van der Waals surface area contributed by atoms with Crippen LogP contribution >= 0.6 is 0 Å². The number of anilines is 1. The second-order valence-corrected chi connectivity index (χ2v) is 6.91. The smallest absolute Gasteiger partial charge is 0.339 e. The molecule has 1 aromatic heterocycles. The van der Waals surface area contributed by atoms with Gasteiger partial charge in [-0.1, -0.05) is 0 Å². The summed E-state index contributed by atoms with van der Waals surface area (Å²) in [5.41, 5.74) is 0.398. The third-order valence-corrected chi connectivity index (χ3v) is 5.21. The third-order valence-electron chi connectivity index (χ3n) is 3.74. The summed E-state index contributed by atoms with van der Waals surface area (Å²) in [5.74, 6) is -1.42. The molecule has 1 N–H and O–H groups in total. The Morgan fingerprint density at radius 3 is 2.38 bits per heavy atom. The van der Waals surface area contributed by atoms with Gasteiger partial charge in [0, 0.05) is 6.54 Å². The lowest BCUT2D eigenvalue weighted by Crippen LogP contribution is -2.18. The van der Waals surface area contributed by atoms with E-state index in [1.165, 1.54) is 43.3 Å². The van der Waals surface area contributed by atoms with Crippen LogP contribution in [0.4, 0.5) is 5.69 Å². The molecule has 0 spiro atoms. The van der Waals surface area contributed by atoms with Crippen LogP contribution in [0.5, 0.6) is 0 Å². The van der Waals surface area contributed by atoms with Gasteiger partial charge in [-0.25, -0.2) is 18.0 Å². The van der Waals surface area contributed by atoms with E-state index in [2.05, 4.69) is 19.3 Å². The van der Waals surface area contributed by atoms with Gasteiger partial charge < -0.3 is 9.47 Å². The average Bonchev–Trinajstić information content (AvgIpc) is 3.01. The highest BCUT2D eigenvalue weighted by molar-refractivity contribution is 7.92. The van der Waals surface area contributed by atoms with Crippen LogP contribution in [0.1, 0.15) is 33.3 Å². The number of benzene rings is 1. The second-order valence-electron chi connectivity index (χ2n) is 5.26. The normalized spacial score (nSPS) is 11.1. The van der Waals surface area contributed by atoms with Gasteiger partial charge in [-0.2, -0.15) is 5.10 Å². The number of carbonyl (C=O) groups is 2. The molecule has 9 nitrogen and oxygen atoms in total. The number of hydrogen-bond donors (Lipinski definition) is 1. The fourth-order valence-corrected chi connectivity index (χ4v) is 3.62. The number of esters is 2. The van der Waals surface area contributed by atoms with Crippen LogP contribution in [0.3, 0.4) is 0 Å². The van der Waals surface area contributed by atoms with Gasteiger partial charge in [-0.3, -0.25) is 9.40 Å². The molecule has 0 fully saturated rings. The Morgan fingerprint density at radius 1 is 1.19 bits per heavy atom. The van der Waals surface area contributed by atoms with Crippen molar-refractivity contribution in [2.75, 3.05) is 18.9 Å². The van der Waals surface area contributed by atoms with Crippen LogP contribution in [-0.4, -0.2) is 44.4 Å². The summed E-state index contributed by atoms with van der Waals surface area (Å²) in [5, 5.41) is 4.01. The topological polar surface area (TPSA) is 117 Å². The van der Waals surface area contributed by atoms with Crippen LogP contribution < -0.4 is 4.72 Å². The maximum absolute atomic E-state index is 12.7. The van der Waals surface area contributed by atoms with Crippen LogP contribution in [0, 0.1) is 6.92 Å². The average molecular weight is 381 g/mol. The molecular formula is C16H19N3O6S. The van der Waals surface area contributed by atoms with Crippen LogP contribution in [0.15, 0.2) is 29.3 Å². The molecule has 0 aliphatic rings. The summed E-state index contributed by atoms with van der Waals surface area (Å²) in [7, 11) is -1.67. The van der Waals surface area contributed by atoms with Crippen molar-refractivity contribution in [2.45, 2.75) is 25.3 Å². The number of methoxy groups -OCH3 is 2. The Labute approximate surface area is 151 Å². The number of carbonyl (C=O) groups excluding carboxylic acids is 2. The Morgan fingerprint density at radius 2 is 1.85 bits per heavy atom. The lowest BCUT2D eigenvalue weighted by atomic mass is 10.1. The monoisotopic (exact) mass is 381 g/mol. The number of aromatic nitrogens is 2. The highest BCUT2D eigenvalue weighted by Crippen LogP contribution is 2.24. The van der Waals surface area contributed by atoms with E-state index < -0.39 is 22.0 Å². The summed E-state index contributed by atoms with van der Waals surface area (Å²) in [6.07, 6.45) is 1.23. The minimum Gasteiger partial charge on any atom is -0.465 e. The van der Waals surface area contributed by atoms with E-state index in [0.717, 1.165) is 0 Å². The zero-order valence-electron chi connectivity index (χ0n) is 14.8. The summed E-state index contributed by atoms with van der Waals surface area (Å²) in [6.45, 7) is 3.96. The molecule has 0 atom stereocenters. The predicted octanol–water partition coefficient (Wildman–Crippen LogP) is 1.59. The van der Waals surface area contributed by atoms with Crippen molar-refractivity contribution in [3.05, 3.63) is 41.2 Å². The maximum Gasteiger partial charge on any atom is 0.339 e. The summed E-state index contributed by atoms with van der Waals surface area (Å²) in [4.78, 5) is 23.6.